The van der Waals surface area contributed by atoms with Crippen LogP contribution in [0.5, 0.6) is 0 Å². The van der Waals surface area contributed by atoms with Gasteiger partial charge in [0.1, 0.15) is 5.69 Å². The number of hydrogen-bond acceptors (Lipinski definition) is 5. The number of nitrogens with one attached hydrogen (secondary N) is 2. The third-order valence-electron chi connectivity index (χ3n) is 4.78. The van der Waals surface area contributed by atoms with E-state index in [1.54, 1.807) is 24.3 Å². The van der Waals surface area contributed by atoms with Gasteiger partial charge in [0.05, 0.1) is 18.4 Å². The molecule has 1 aromatic heterocycles. The molecule has 7 heteroatoms. The summed E-state index contributed by atoms with van der Waals surface area (Å²) in [7, 11) is 1.28. The van der Waals surface area contributed by atoms with Crippen molar-refractivity contribution >= 4 is 23.5 Å². The molecule has 1 aliphatic rings. The van der Waals surface area contributed by atoms with Crippen LogP contribution in [0.4, 0.5) is 5.69 Å². The summed E-state index contributed by atoms with van der Waals surface area (Å²) in [6, 6.07) is 9.70. The molecular weight excluding hydrogens is 358 g/mol. The van der Waals surface area contributed by atoms with E-state index in [0.29, 0.717) is 5.69 Å². The number of carbonyl (C=O) groups excluding carboxylic acids is 3. The molecule has 0 bridgehead atoms. The number of aromatic nitrogens is 1. The molecule has 2 amide bonds. The van der Waals surface area contributed by atoms with Crippen molar-refractivity contribution in [3.8, 4) is 0 Å². The van der Waals surface area contributed by atoms with Crippen LogP contribution in [0.2, 0.25) is 0 Å². The van der Waals surface area contributed by atoms with Gasteiger partial charge >= 0.3 is 5.97 Å². The molecule has 7 nitrogen and oxygen atoms in total. The van der Waals surface area contributed by atoms with E-state index in [1.165, 1.54) is 31.9 Å². The van der Waals surface area contributed by atoms with E-state index >= 15 is 0 Å². The normalized spacial score (nSPS) is 14.2. The topological polar surface area (TPSA) is 97.4 Å². The van der Waals surface area contributed by atoms with Crippen LogP contribution >= 0.6 is 0 Å². The second-order valence-corrected chi connectivity index (χ2v) is 6.73. The summed E-state index contributed by atoms with van der Waals surface area (Å²) in [5.74, 6) is -1.26. The predicted molar refractivity (Wildman–Crippen MR) is 104 cm³/mol. The largest absolute Gasteiger partial charge is 0.465 e. The zero-order chi connectivity index (χ0) is 19.9. The number of pyridine rings is 1. The number of ether oxygens (including phenoxy) is 1. The van der Waals surface area contributed by atoms with Crippen molar-refractivity contribution in [2.45, 2.75) is 38.1 Å². The first-order chi connectivity index (χ1) is 13.6. The molecule has 0 saturated heterocycles. The monoisotopic (exact) mass is 381 g/mol. The van der Waals surface area contributed by atoms with Gasteiger partial charge in [0, 0.05) is 17.8 Å². The maximum absolute atomic E-state index is 12.6. The molecule has 2 aromatic rings. The SMILES string of the molecule is COC(=O)c1ccccc1NC(=O)c1ccnc(C(=O)NC2CCCCC2)c1. The van der Waals surface area contributed by atoms with E-state index in [9.17, 15) is 14.4 Å². The minimum absolute atomic E-state index is 0.160. The Kier molecular flexibility index (Phi) is 6.37. The number of hydrogen-bond donors (Lipinski definition) is 2. The zero-order valence-corrected chi connectivity index (χ0v) is 15.7. The summed E-state index contributed by atoms with van der Waals surface area (Å²) in [4.78, 5) is 41.0. The minimum atomic E-state index is -0.543. The molecule has 0 aliphatic heterocycles. The number of benzene rings is 1. The number of anilines is 1. The molecule has 146 valence electrons. The fourth-order valence-electron chi connectivity index (χ4n) is 3.28. The Balaban J connectivity index is 1.72. The van der Waals surface area contributed by atoms with Crippen molar-refractivity contribution in [2.24, 2.45) is 0 Å². The summed E-state index contributed by atoms with van der Waals surface area (Å²) in [5.41, 5.74) is 1.06. The maximum atomic E-state index is 12.6. The van der Waals surface area contributed by atoms with E-state index < -0.39 is 11.9 Å². The molecule has 1 heterocycles. The van der Waals surface area contributed by atoms with Crippen LogP contribution < -0.4 is 10.6 Å². The molecule has 0 unspecified atom stereocenters. The Morgan fingerprint density at radius 3 is 2.54 bits per heavy atom. The molecule has 1 saturated carbocycles. The van der Waals surface area contributed by atoms with Gasteiger partial charge in [-0.25, -0.2) is 4.79 Å². The van der Waals surface area contributed by atoms with Gasteiger partial charge in [0.2, 0.25) is 0 Å². The van der Waals surface area contributed by atoms with Crippen LogP contribution in [0.15, 0.2) is 42.6 Å². The molecule has 1 aromatic carbocycles. The number of nitrogens with zero attached hydrogens (tertiary/aromatic N) is 1. The Morgan fingerprint density at radius 1 is 1.04 bits per heavy atom. The number of carbonyl (C=O) groups is 3. The second-order valence-electron chi connectivity index (χ2n) is 6.73. The van der Waals surface area contributed by atoms with Gasteiger partial charge in [-0.1, -0.05) is 31.4 Å². The van der Waals surface area contributed by atoms with Gasteiger partial charge in [-0.15, -0.1) is 0 Å². The third-order valence-corrected chi connectivity index (χ3v) is 4.78. The Bertz CT molecular complexity index is 875. The smallest absolute Gasteiger partial charge is 0.339 e. The van der Waals surface area contributed by atoms with Gasteiger partial charge in [-0.05, 0) is 37.1 Å². The third kappa shape index (κ3) is 4.73. The Hall–Kier alpha value is -3.22. The molecule has 1 aliphatic carbocycles. The van der Waals surface area contributed by atoms with E-state index in [2.05, 4.69) is 15.6 Å². The number of amides is 2. The van der Waals surface area contributed by atoms with Crippen LogP contribution in [-0.4, -0.2) is 35.9 Å². The van der Waals surface area contributed by atoms with E-state index in [1.807, 2.05) is 0 Å². The van der Waals surface area contributed by atoms with E-state index in [-0.39, 0.29) is 28.8 Å². The van der Waals surface area contributed by atoms with Gasteiger partial charge in [-0.2, -0.15) is 0 Å². The first kappa shape index (κ1) is 19.5. The van der Waals surface area contributed by atoms with Crippen molar-refractivity contribution in [1.82, 2.24) is 10.3 Å². The molecule has 0 radical (unpaired) electrons. The molecule has 0 atom stereocenters. The Labute approximate surface area is 163 Å². The highest BCUT2D eigenvalue weighted by molar-refractivity contribution is 6.08. The highest BCUT2D eigenvalue weighted by Gasteiger charge is 2.19. The summed E-state index contributed by atoms with van der Waals surface area (Å²) in [5, 5.41) is 5.68. The predicted octanol–water partition coefficient (Wildman–Crippen LogP) is 3.18. The Morgan fingerprint density at radius 2 is 1.79 bits per heavy atom. The van der Waals surface area contributed by atoms with Crippen LogP contribution in [0.3, 0.4) is 0 Å². The number of para-hydroxylation sites is 1. The fraction of sp³-hybridized carbons (Fsp3) is 0.333. The lowest BCUT2D eigenvalue weighted by molar-refractivity contribution is 0.0601. The molecule has 3 rings (SSSR count). The lowest BCUT2D eigenvalue weighted by atomic mass is 9.95. The molecule has 2 N–H and O–H groups in total. The number of rotatable bonds is 5. The summed E-state index contributed by atoms with van der Waals surface area (Å²) < 4.78 is 4.73. The van der Waals surface area contributed by atoms with Gasteiger partial charge < -0.3 is 15.4 Å². The van der Waals surface area contributed by atoms with Gasteiger partial charge in [0.25, 0.3) is 11.8 Å². The van der Waals surface area contributed by atoms with Crippen molar-refractivity contribution in [1.29, 1.82) is 0 Å². The molecule has 1 fully saturated rings. The van der Waals surface area contributed by atoms with Crippen molar-refractivity contribution in [3.05, 3.63) is 59.4 Å². The van der Waals surface area contributed by atoms with Gasteiger partial charge in [-0.3, -0.25) is 14.6 Å². The highest BCUT2D eigenvalue weighted by Crippen LogP contribution is 2.19. The minimum Gasteiger partial charge on any atom is -0.465 e. The van der Waals surface area contributed by atoms with E-state index in [0.717, 1.165) is 25.7 Å². The van der Waals surface area contributed by atoms with Crippen LogP contribution in [0, 0.1) is 0 Å². The van der Waals surface area contributed by atoms with E-state index in [4.69, 9.17) is 4.74 Å². The van der Waals surface area contributed by atoms with Crippen LogP contribution in [0.1, 0.15) is 63.3 Å². The van der Waals surface area contributed by atoms with Gasteiger partial charge in [0.15, 0.2) is 0 Å². The standard InChI is InChI=1S/C21H23N3O4/c1-28-21(27)16-9-5-6-10-17(16)24-19(25)14-11-12-22-18(13-14)20(26)23-15-7-3-2-4-8-15/h5-6,9-13,15H,2-4,7-8H2,1H3,(H,23,26)(H,24,25). The highest BCUT2D eigenvalue weighted by atomic mass is 16.5. The first-order valence-electron chi connectivity index (χ1n) is 9.34. The number of methoxy groups -OCH3 is 1. The molecule has 28 heavy (non-hydrogen) atoms. The maximum Gasteiger partial charge on any atom is 0.339 e. The second kappa shape index (κ2) is 9.12. The van der Waals surface area contributed by atoms with Crippen molar-refractivity contribution < 1.29 is 19.1 Å². The lowest BCUT2D eigenvalue weighted by Gasteiger charge is -2.22. The summed E-state index contributed by atoms with van der Waals surface area (Å²) in [6.07, 6.45) is 6.79. The zero-order valence-electron chi connectivity index (χ0n) is 15.7. The summed E-state index contributed by atoms with van der Waals surface area (Å²) >= 11 is 0. The average Bonchev–Trinajstić information content (AvgIpc) is 2.74. The average molecular weight is 381 g/mol. The molecule has 0 spiro atoms. The van der Waals surface area contributed by atoms with Crippen LogP contribution in [-0.2, 0) is 4.74 Å². The first-order valence-corrected chi connectivity index (χ1v) is 9.34. The van der Waals surface area contributed by atoms with Crippen molar-refractivity contribution in [3.63, 3.8) is 0 Å². The lowest BCUT2D eigenvalue weighted by Crippen LogP contribution is -2.36. The summed E-state index contributed by atoms with van der Waals surface area (Å²) in [6.45, 7) is 0. The molecular formula is C21H23N3O4. The fourth-order valence-corrected chi connectivity index (χ4v) is 3.28. The quantitative estimate of drug-likeness (QED) is 0.775. The van der Waals surface area contributed by atoms with Crippen molar-refractivity contribution in [2.75, 3.05) is 12.4 Å². The number of esters is 1. The van der Waals surface area contributed by atoms with Crippen LogP contribution in [0.25, 0.3) is 0 Å².